The minimum absolute atomic E-state index is 0.806. The van der Waals surface area contributed by atoms with E-state index in [0.717, 1.165) is 23.7 Å². The van der Waals surface area contributed by atoms with Gasteiger partial charge in [0.05, 0.1) is 11.4 Å². The predicted octanol–water partition coefficient (Wildman–Crippen LogP) is 4.06. The highest BCUT2D eigenvalue weighted by Gasteiger charge is 2.08. The third kappa shape index (κ3) is 5.34. The van der Waals surface area contributed by atoms with Gasteiger partial charge in [0.1, 0.15) is 0 Å². The summed E-state index contributed by atoms with van der Waals surface area (Å²) in [6.45, 7) is 4.45. The first kappa shape index (κ1) is 15.4. The molecule has 0 unspecified atom stereocenters. The number of aryl methyl sites for hydroxylation is 2. The van der Waals surface area contributed by atoms with Crippen LogP contribution in [0.1, 0.15) is 63.8 Å². The predicted molar refractivity (Wildman–Crippen MR) is 78.1 cm³/mol. The summed E-state index contributed by atoms with van der Waals surface area (Å²) in [5.74, 6) is 0. The molecule has 0 radical (unpaired) electrons. The first-order valence-electron chi connectivity index (χ1n) is 7.08. The summed E-state index contributed by atoms with van der Waals surface area (Å²) in [6, 6.07) is 0. The Bertz CT molecular complexity index is 342. The van der Waals surface area contributed by atoms with Gasteiger partial charge in [-0.05, 0) is 31.9 Å². The van der Waals surface area contributed by atoms with Crippen LogP contribution in [-0.2, 0) is 12.8 Å². The molecule has 1 heterocycles. The molecule has 0 N–H and O–H groups in total. The summed E-state index contributed by atoms with van der Waals surface area (Å²) in [5.41, 5.74) is 2.30. The van der Waals surface area contributed by atoms with E-state index in [1.165, 1.54) is 44.2 Å². The van der Waals surface area contributed by atoms with E-state index in [-0.39, 0.29) is 0 Å². The van der Waals surface area contributed by atoms with Crippen LogP contribution in [0, 0.1) is 0 Å². The monoisotopic (exact) mass is 267 g/mol. The van der Waals surface area contributed by atoms with Crippen molar-refractivity contribution in [3.8, 4) is 0 Å². The number of thioether (sulfide) groups is 1. The average Bonchev–Trinajstić information content (AvgIpc) is 2.40. The number of hydrogen-bond donors (Lipinski definition) is 0. The van der Waals surface area contributed by atoms with Crippen LogP contribution < -0.4 is 0 Å². The number of unbranched alkanes of at least 4 members (excludes halogenated alkanes) is 4. The molecule has 0 aliphatic rings. The van der Waals surface area contributed by atoms with Crippen LogP contribution in [0.25, 0.3) is 0 Å². The van der Waals surface area contributed by atoms with Crippen LogP contribution in [0.4, 0.5) is 0 Å². The molecule has 0 spiro atoms. The first-order valence-corrected chi connectivity index (χ1v) is 8.30. The van der Waals surface area contributed by atoms with Crippen LogP contribution >= 0.6 is 11.8 Å². The summed E-state index contributed by atoms with van der Waals surface area (Å²) in [4.78, 5) is 4.63. The Balaban J connectivity index is 2.66. The number of hydrogen-bond acceptors (Lipinski definition) is 4. The summed E-state index contributed by atoms with van der Waals surface area (Å²) >= 11 is 1.57. The van der Waals surface area contributed by atoms with Gasteiger partial charge in [0.2, 0.25) is 5.16 Å². The average molecular weight is 267 g/mol. The molecule has 4 heteroatoms. The smallest absolute Gasteiger partial charge is 0.209 e. The molecule has 0 saturated carbocycles. The standard InChI is InChI=1S/C14H25N3S/c1-4-6-8-10-12-13(11-9-7-5-2)16-17-14(15-12)18-3/h4-11H2,1-3H3. The zero-order valence-electron chi connectivity index (χ0n) is 11.9. The van der Waals surface area contributed by atoms with E-state index >= 15 is 0 Å². The van der Waals surface area contributed by atoms with Crippen LogP contribution in [0.5, 0.6) is 0 Å². The lowest BCUT2D eigenvalue weighted by Crippen LogP contribution is -2.06. The molecule has 102 valence electrons. The van der Waals surface area contributed by atoms with Gasteiger partial charge in [-0.15, -0.1) is 5.10 Å². The molecule has 0 bridgehead atoms. The Hall–Kier alpha value is -0.640. The van der Waals surface area contributed by atoms with Crippen molar-refractivity contribution in [2.75, 3.05) is 6.26 Å². The van der Waals surface area contributed by atoms with Gasteiger partial charge in [-0.2, -0.15) is 5.10 Å². The Morgan fingerprint density at radius 3 is 2.00 bits per heavy atom. The van der Waals surface area contributed by atoms with Crippen molar-refractivity contribution < 1.29 is 0 Å². The highest BCUT2D eigenvalue weighted by atomic mass is 32.2. The van der Waals surface area contributed by atoms with Gasteiger partial charge in [0.15, 0.2) is 0 Å². The lowest BCUT2D eigenvalue weighted by Gasteiger charge is -2.07. The van der Waals surface area contributed by atoms with Crippen LogP contribution in [0.3, 0.4) is 0 Å². The SMILES string of the molecule is CCCCCc1nnc(SC)nc1CCCCC. The Kier molecular flexibility index (Phi) is 7.98. The highest BCUT2D eigenvalue weighted by molar-refractivity contribution is 7.98. The van der Waals surface area contributed by atoms with Crippen molar-refractivity contribution in [3.63, 3.8) is 0 Å². The van der Waals surface area contributed by atoms with E-state index in [4.69, 9.17) is 0 Å². The quantitative estimate of drug-likeness (QED) is 0.499. The zero-order chi connectivity index (χ0) is 13.2. The molecule has 0 aliphatic carbocycles. The van der Waals surface area contributed by atoms with Gasteiger partial charge in [0, 0.05) is 0 Å². The van der Waals surface area contributed by atoms with E-state index in [1.54, 1.807) is 11.8 Å². The van der Waals surface area contributed by atoms with Gasteiger partial charge in [-0.25, -0.2) is 4.98 Å². The maximum absolute atomic E-state index is 4.63. The molecule has 0 aromatic carbocycles. The fourth-order valence-corrected chi connectivity index (χ4v) is 2.25. The first-order chi connectivity index (χ1) is 8.81. The minimum Gasteiger partial charge on any atom is -0.224 e. The highest BCUT2D eigenvalue weighted by Crippen LogP contribution is 2.15. The molecule has 0 aliphatic heterocycles. The number of aromatic nitrogens is 3. The number of rotatable bonds is 9. The van der Waals surface area contributed by atoms with Crippen LogP contribution in [0.15, 0.2) is 5.16 Å². The van der Waals surface area contributed by atoms with Gasteiger partial charge in [-0.1, -0.05) is 51.3 Å². The third-order valence-electron chi connectivity index (χ3n) is 3.04. The number of nitrogens with zero attached hydrogens (tertiary/aromatic N) is 3. The Morgan fingerprint density at radius 2 is 1.44 bits per heavy atom. The maximum Gasteiger partial charge on any atom is 0.209 e. The molecular formula is C14H25N3S. The second-order valence-corrected chi connectivity index (χ2v) is 5.38. The molecule has 3 nitrogen and oxygen atoms in total. The van der Waals surface area contributed by atoms with Crippen molar-refractivity contribution in [2.45, 2.75) is 70.4 Å². The Labute approximate surface area is 115 Å². The fraction of sp³-hybridized carbons (Fsp3) is 0.786. The lowest BCUT2D eigenvalue weighted by atomic mass is 10.1. The van der Waals surface area contributed by atoms with Gasteiger partial charge >= 0.3 is 0 Å². The van der Waals surface area contributed by atoms with E-state index in [0.29, 0.717) is 0 Å². The Morgan fingerprint density at radius 1 is 0.833 bits per heavy atom. The topological polar surface area (TPSA) is 38.7 Å². The molecule has 0 fully saturated rings. The normalized spacial score (nSPS) is 10.8. The van der Waals surface area contributed by atoms with Crippen molar-refractivity contribution >= 4 is 11.8 Å². The third-order valence-corrected chi connectivity index (χ3v) is 3.57. The molecule has 0 atom stereocenters. The second kappa shape index (κ2) is 9.31. The van der Waals surface area contributed by atoms with Crippen LogP contribution in [-0.4, -0.2) is 21.4 Å². The van der Waals surface area contributed by atoms with Gasteiger partial charge < -0.3 is 0 Å². The van der Waals surface area contributed by atoms with E-state index in [1.807, 2.05) is 6.26 Å². The molecule has 1 aromatic heterocycles. The molecule has 1 rings (SSSR count). The zero-order valence-corrected chi connectivity index (χ0v) is 12.7. The maximum atomic E-state index is 4.63. The van der Waals surface area contributed by atoms with E-state index in [2.05, 4.69) is 29.0 Å². The summed E-state index contributed by atoms with van der Waals surface area (Å²) < 4.78 is 0. The summed E-state index contributed by atoms with van der Waals surface area (Å²) in [6.07, 6.45) is 11.5. The van der Waals surface area contributed by atoms with Gasteiger partial charge in [-0.3, -0.25) is 0 Å². The van der Waals surface area contributed by atoms with Crippen molar-refractivity contribution in [3.05, 3.63) is 11.4 Å². The van der Waals surface area contributed by atoms with E-state index in [9.17, 15) is 0 Å². The molecule has 0 saturated heterocycles. The summed E-state index contributed by atoms with van der Waals surface area (Å²) in [7, 11) is 0. The van der Waals surface area contributed by atoms with Crippen molar-refractivity contribution in [2.24, 2.45) is 0 Å². The minimum atomic E-state index is 0.806. The molecule has 0 amide bonds. The fourth-order valence-electron chi connectivity index (χ4n) is 1.93. The molecular weight excluding hydrogens is 242 g/mol. The lowest BCUT2D eigenvalue weighted by molar-refractivity contribution is 0.641. The van der Waals surface area contributed by atoms with Gasteiger partial charge in [0.25, 0.3) is 0 Å². The molecule has 1 aromatic rings. The van der Waals surface area contributed by atoms with E-state index < -0.39 is 0 Å². The molecule has 18 heavy (non-hydrogen) atoms. The van der Waals surface area contributed by atoms with Crippen molar-refractivity contribution in [1.82, 2.24) is 15.2 Å². The largest absolute Gasteiger partial charge is 0.224 e. The second-order valence-electron chi connectivity index (χ2n) is 4.61. The van der Waals surface area contributed by atoms with Crippen molar-refractivity contribution in [1.29, 1.82) is 0 Å². The van der Waals surface area contributed by atoms with Crippen LogP contribution in [0.2, 0.25) is 0 Å². The summed E-state index contributed by atoms with van der Waals surface area (Å²) in [5, 5.41) is 9.34.